The molecule has 0 aliphatic carbocycles. The van der Waals surface area contributed by atoms with Gasteiger partial charge in [0.25, 0.3) is 10.0 Å². The van der Waals surface area contributed by atoms with Gasteiger partial charge in [0.1, 0.15) is 21.3 Å². The van der Waals surface area contributed by atoms with Crippen LogP contribution in [0.2, 0.25) is 5.02 Å². The summed E-state index contributed by atoms with van der Waals surface area (Å²) in [6.07, 6.45) is -4.15. The number of hydrogen-bond donors (Lipinski definition) is 2. The Hall–Kier alpha value is -2.47. The van der Waals surface area contributed by atoms with Gasteiger partial charge in [0.2, 0.25) is 0 Å². The van der Waals surface area contributed by atoms with E-state index in [0.717, 1.165) is 35.1 Å². The average molecular weight is 561 g/mol. The SMILES string of the molecule is COc1ccc(-c2sc(S(=O)(=O)Nc3ccc(C(F)(F)F)c(O[C@]4(C)CCNC4)c3)cc2Cl)cc1C. The third-order valence-electron chi connectivity index (χ3n) is 5.81. The van der Waals surface area contributed by atoms with Crippen molar-refractivity contribution in [3.63, 3.8) is 0 Å². The van der Waals surface area contributed by atoms with Gasteiger partial charge in [-0.2, -0.15) is 13.2 Å². The van der Waals surface area contributed by atoms with E-state index in [9.17, 15) is 21.6 Å². The molecule has 0 spiro atoms. The number of ether oxygens (including phenoxy) is 2. The first kappa shape index (κ1) is 26.6. The highest BCUT2D eigenvalue weighted by molar-refractivity contribution is 7.94. The van der Waals surface area contributed by atoms with E-state index in [1.807, 2.05) is 13.0 Å². The number of anilines is 1. The maximum atomic E-state index is 13.6. The minimum atomic E-state index is -4.66. The summed E-state index contributed by atoms with van der Waals surface area (Å²) in [5.41, 5.74) is -0.308. The number of methoxy groups -OCH3 is 1. The molecule has 0 radical (unpaired) electrons. The Bertz CT molecular complexity index is 1380. The molecule has 0 unspecified atom stereocenters. The van der Waals surface area contributed by atoms with Crippen molar-refractivity contribution < 1.29 is 31.1 Å². The van der Waals surface area contributed by atoms with Crippen LogP contribution < -0.4 is 19.5 Å². The highest BCUT2D eigenvalue weighted by atomic mass is 35.5. The van der Waals surface area contributed by atoms with Gasteiger partial charge in [0.05, 0.1) is 28.3 Å². The third-order valence-corrected chi connectivity index (χ3v) is 9.26. The Morgan fingerprint density at radius 1 is 1.14 bits per heavy atom. The van der Waals surface area contributed by atoms with Crippen LogP contribution in [0.1, 0.15) is 24.5 Å². The summed E-state index contributed by atoms with van der Waals surface area (Å²) in [7, 11) is -2.59. The van der Waals surface area contributed by atoms with E-state index in [1.165, 1.54) is 6.07 Å². The van der Waals surface area contributed by atoms with E-state index >= 15 is 0 Å². The zero-order chi connectivity index (χ0) is 26.3. The molecule has 2 heterocycles. The van der Waals surface area contributed by atoms with Gasteiger partial charge in [-0.25, -0.2) is 8.42 Å². The van der Waals surface area contributed by atoms with Gasteiger partial charge in [0, 0.05) is 19.0 Å². The molecule has 36 heavy (non-hydrogen) atoms. The molecular formula is C24H24ClF3N2O4S2. The van der Waals surface area contributed by atoms with Crippen LogP contribution in [0.5, 0.6) is 11.5 Å². The van der Waals surface area contributed by atoms with Crippen molar-refractivity contribution in [3.8, 4) is 21.9 Å². The second-order valence-corrected chi connectivity index (χ2v) is 12.1. The number of aryl methyl sites for hydroxylation is 1. The number of hydrogen-bond acceptors (Lipinski definition) is 6. The number of rotatable bonds is 7. The second-order valence-electron chi connectivity index (χ2n) is 8.72. The molecule has 12 heteroatoms. The highest BCUT2D eigenvalue weighted by Gasteiger charge is 2.38. The van der Waals surface area contributed by atoms with Crippen LogP contribution in [-0.4, -0.2) is 34.2 Å². The molecule has 6 nitrogen and oxygen atoms in total. The fourth-order valence-electron chi connectivity index (χ4n) is 3.95. The molecule has 1 aliphatic rings. The number of thiophene rings is 1. The van der Waals surface area contributed by atoms with Gasteiger partial charge in [-0.1, -0.05) is 11.6 Å². The zero-order valence-electron chi connectivity index (χ0n) is 19.6. The average Bonchev–Trinajstić information content (AvgIpc) is 3.39. The summed E-state index contributed by atoms with van der Waals surface area (Å²) in [5.74, 6) is 0.246. The number of sulfonamides is 1. The minimum Gasteiger partial charge on any atom is -0.496 e. The quantitative estimate of drug-likeness (QED) is 0.353. The molecule has 0 saturated carbocycles. The van der Waals surface area contributed by atoms with E-state index in [-0.39, 0.29) is 14.9 Å². The first-order chi connectivity index (χ1) is 16.8. The molecule has 1 atom stereocenters. The van der Waals surface area contributed by atoms with Crippen LogP contribution in [0.25, 0.3) is 10.4 Å². The number of alkyl halides is 3. The molecule has 1 aromatic heterocycles. The zero-order valence-corrected chi connectivity index (χ0v) is 22.0. The minimum absolute atomic E-state index is 0.0566. The van der Waals surface area contributed by atoms with Crippen molar-refractivity contribution in [1.29, 1.82) is 0 Å². The lowest BCUT2D eigenvalue weighted by Crippen LogP contribution is -2.35. The lowest BCUT2D eigenvalue weighted by molar-refractivity contribution is -0.139. The lowest BCUT2D eigenvalue weighted by Gasteiger charge is -2.27. The Morgan fingerprint density at radius 3 is 2.50 bits per heavy atom. The van der Waals surface area contributed by atoms with Gasteiger partial charge in [0.15, 0.2) is 0 Å². The summed E-state index contributed by atoms with van der Waals surface area (Å²) >= 11 is 7.31. The van der Waals surface area contributed by atoms with Crippen molar-refractivity contribution in [3.05, 3.63) is 58.6 Å². The Balaban J connectivity index is 1.64. The molecule has 2 aromatic carbocycles. The lowest BCUT2D eigenvalue weighted by atomic mass is 10.1. The molecule has 1 aliphatic heterocycles. The first-order valence-electron chi connectivity index (χ1n) is 10.9. The van der Waals surface area contributed by atoms with E-state index in [1.54, 1.807) is 26.2 Å². The molecule has 0 amide bonds. The Morgan fingerprint density at radius 2 is 1.89 bits per heavy atom. The summed E-state index contributed by atoms with van der Waals surface area (Å²) in [4.78, 5) is 0.542. The predicted octanol–water partition coefficient (Wildman–Crippen LogP) is 6.34. The van der Waals surface area contributed by atoms with Gasteiger partial charge in [-0.05, 0) is 67.9 Å². The van der Waals surface area contributed by atoms with Crippen molar-refractivity contribution in [2.45, 2.75) is 36.3 Å². The van der Waals surface area contributed by atoms with E-state index in [2.05, 4.69) is 10.0 Å². The van der Waals surface area contributed by atoms with Gasteiger partial charge >= 0.3 is 6.18 Å². The summed E-state index contributed by atoms with van der Waals surface area (Å²) in [6, 6.07) is 9.61. The molecule has 3 aromatic rings. The largest absolute Gasteiger partial charge is 0.496 e. The van der Waals surface area contributed by atoms with E-state index in [4.69, 9.17) is 21.1 Å². The summed E-state index contributed by atoms with van der Waals surface area (Å²) < 4.78 is 80.3. The van der Waals surface area contributed by atoms with Crippen LogP contribution in [0.4, 0.5) is 18.9 Å². The Kier molecular flexibility index (Phi) is 7.22. The normalized spacial score (nSPS) is 18.3. The third kappa shape index (κ3) is 5.59. The smallest absolute Gasteiger partial charge is 0.419 e. The summed E-state index contributed by atoms with van der Waals surface area (Å²) in [6.45, 7) is 4.55. The number of benzene rings is 2. The van der Waals surface area contributed by atoms with Crippen molar-refractivity contribution in [2.75, 3.05) is 24.9 Å². The molecule has 0 bridgehead atoms. The van der Waals surface area contributed by atoms with Gasteiger partial charge in [-0.15, -0.1) is 11.3 Å². The molecule has 1 fully saturated rings. The highest BCUT2D eigenvalue weighted by Crippen LogP contribution is 2.42. The second kappa shape index (κ2) is 9.77. The molecular weight excluding hydrogens is 537 g/mol. The molecule has 1 saturated heterocycles. The fraction of sp³-hybridized carbons (Fsp3) is 0.333. The van der Waals surface area contributed by atoms with Crippen LogP contribution in [0.3, 0.4) is 0 Å². The van der Waals surface area contributed by atoms with Crippen molar-refractivity contribution in [2.24, 2.45) is 0 Å². The van der Waals surface area contributed by atoms with Crippen LogP contribution in [0, 0.1) is 6.92 Å². The maximum Gasteiger partial charge on any atom is 0.419 e. The fourth-order valence-corrected chi connectivity index (χ4v) is 6.82. The van der Waals surface area contributed by atoms with Crippen LogP contribution in [0.15, 0.2) is 46.7 Å². The topological polar surface area (TPSA) is 76.7 Å². The van der Waals surface area contributed by atoms with E-state index < -0.39 is 33.1 Å². The summed E-state index contributed by atoms with van der Waals surface area (Å²) in [5, 5.41) is 3.30. The number of halogens is 4. The Labute approximate surface area is 216 Å². The first-order valence-corrected chi connectivity index (χ1v) is 13.6. The standard InChI is InChI=1S/C24H24ClF3N2O4S2/c1-14-10-15(4-7-19(14)33-3)22-18(25)12-21(35-22)36(31,32)30-16-5-6-17(24(26,27)28)20(11-16)34-23(2)8-9-29-13-23/h4-7,10-12,29-30H,8-9,13H2,1-3H3/t23-/m1/s1. The predicted molar refractivity (Wildman–Crippen MR) is 135 cm³/mol. The monoisotopic (exact) mass is 560 g/mol. The van der Waals surface area contributed by atoms with Crippen molar-refractivity contribution in [1.82, 2.24) is 5.32 Å². The molecule has 194 valence electrons. The van der Waals surface area contributed by atoms with Gasteiger partial charge < -0.3 is 14.8 Å². The molecule has 2 N–H and O–H groups in total. The van der Waals surface area contributed by atoms with Crippen LogP contribution in [-0.2, 0) is 16.2 Å². The maximum absolute atomic E-state index is 13.6. The molecule has 4 rings (SSSR count). The van der Waals surface area contributed by atoms with E-state index in [0.29, 0.717) is 35.7 Å². The van der Waals surface area contributed by atoms with Gasteiger partial charge in [-0.3, -0.25) is 4.72 Å². The number of nitrogens with one attached hydrogen (secondary N) is 2. The van der Waals surface area contributed by atoms with Crippen LogP contribution >= 0.6 is 22.9 Å². The van der Waals surface area contributed by atoms with Crippen molar-refractivity contribution >= 4 is 38.6 Å².